The molecular formula is C8H9BrO2S. The van der Waals surface area contributed by atoms with Crippen molar-refractivity contribution in [2.45, 2.75) is 6.92 Å². The summed E-state index contributed by atoms with van der Waals surface area (Å²) in [6, 6.07) is 0. The van der Waals surface area contributed by atoms with E-state index in [0.717, 1.165) is 9.39 Å². The average Bonchev–Trinajstić information content (AvgIpc) is 2.26. The first-order valence-corrected chi connectivity index (χ1v) is 5.47. The highest BCUT2D eigenvalue weighted by molar-refractivity contribution is 9.12. The van der Waals surface area contributed by atoms with Crippen LogP contribution in [0.1, 0.15) is 6.92 Å². The molecule has 0 N–H and O–H groups in total. The fourth-order valence-corrected chi connectivity index (χ4v) is 3.29. The summed E-state index contributed by atoms with van der Waals surface area (Å²) in [6.45, 7) is 1.95. The van der Waals surface area contributed by atoms with E-state index in [-0.39, 0.29) is 16.5 Å². The number of hydrogen-bond donors (Lipinski definition) is 0. The van der Waals surface area contributed by atoms with Crippen molar-refractivity contribution >= 4 is 38.3 Å². The van der Waals surface area contributed by atoms with Crippen molar-refractivity contribution in [1.82, 2.24) is 0 Å². The highest BCUT2D eigenvalue weighted by Gasteiger charge is 2.22. The lowest BCUT2D eigenvalue weighted by Crippen LogP contribution is -2.02. The molecule has 66 valence electrons. The summed E-state index contributed by atoms with van der Waals surface area (Å²) in [5.74, 6) is 3.59. The van der Waals surface area contributed by atoms with Gasteiger partial charge in [0, 0.05) is 4.48 Å². The van der Waals surface area contributed by atoms with Crippen molar-refractivity contribution in [3.05, 3.63) is 20.4 Å². The van der Waals surface area contributed by atoms with E-state index < -0.39 is 0 Å². The van der Waals surface area contributed by atoms with Crippen LogP contribution in [0.25, 0.3) is 0 Å². The first-order chi connectivity index (χ1) is 5.57. The largest absolute Gasteiger partial charge is 0.465 e. The lowest BCUT2D eigenvalue weighted by Gasteiger charge is -2.04. The van der Waals surface area contributed by atoms with E-state index in [2.05, 4.69) is 26.5 Å². The highest BCUT2D eigenvalue weighted by Crippen LogP contribution is 2.43. The summed E-state index contributed by atoms with van der Waals surface area (Å²) in [6.07, 6.45) is 1.91. The summed E-state index contributed by atoms with van der Waals surface area (Å²) in [4.78, 5) is 12.9. The molecule has 0 aromatic rings. The van der Waals surface area contributed by atoms with Gasteiger partial charge in [-0.05, 0) is 33.8 Å². The van der Waals surface area contributed by atoms with Crippen LogP contribution in [-0.2, 0) is 9.53 Å². The molecule has 4 heteroatoms. The number of rotatable bonds is 1. The van der Waals surface area contributed by atoms with Crippen LogP contribution in [0.4, 0.5) is 0 Å². The Morgan fingerprint density at radius 3 is 2.67 bits per heavy atom. The summed E-state index contributed by atoms with van der Waals surface area (Å²) < 4.78 is 5.43. The van der Waals surface area contributed by atoms with Crippen LogP contribution in [0, 0.1) is 0 Å². The van der Waals surface area contributed by atoms with Crippen molar-refractivity contribution in [2.24, 2.45) is 0 Å². The third kappa shape index (κ3) is 1.54. The average molecular weight is 249 g/mol. The van der Waals surface area contributed by atoms with Crippen LogP contribution in [-0.4, -0.2) is 18.9 Å². The van der Waals surface area contributed by atoms with Gasteiger partial charge in [0.2, 0.25) is 0 Å². The molecular weight excluding hydrogens is 240 g/mol. The standard InChI is InChI=1S/C8H9BrO2S/c1-5-4-6(9)7(12(5)3)8(10)11-2/h4H,3H2,1-2H3. The monoisotopic (exact) mass is 248 g/mol. The van der Waals surface area contributed by atoms with E-state index >= 15 is 0 Å². The molecule has 1 heterocycles. The molecule has 2 nitrogen and oxygen atoms in total. The van der Waals surface area contributed by atoms with Crippen LogP contribution < -0.4 is 0 Å². The van der Waals surface area contributed by atoms with E-state index in [1.54, 1.807) is 0 Å². The zero-order chi connectivity index (χ0) is 9.30. The van der Waals surface area contributed by atoms with Crippen molar-refractivity contribution in [2.75, 3.05) is 7.11 Å². The predicted octanol–water partition coefficient (Wildman–Crippen LogP) is 2.38. The highest BCUT2D eigenvalue weighted by atomic mass is 79.9. The Morgan fingerprint density at radius 2 is 2.33 bits per heavy atom. The Hall–Kier alpha value is -0.350. The van der Waals surface area contributed by atoms with Crippen LogP contribution in [0.5, 0.6) is 0 Å². The number of methoxy groups -OCH3 is 1. The molecule has 0 amide bonds. The Labute approximate surface area is 82.3 Å². The molecule has 1 atom stereocenters. The van der Waals surface area contributed by atoms with Gasteiger partial charge in [0.1, 0.15) is 4.91 Å². The summed E-state index contributed by atoms with van der Waals surface area (Å²) in [5.41, 5.74) is 0. The van der Waals surface area contributed by atoms with E-state index in [9.17, 15) is 4.79 Å². The van der Waals surface area contributed by atoms with Gasteiger partial charge in [-0.25, -0.2) is 4.79 Å². The lowest BCUT2D eigenvalue weighted by molar-refractivity contribution is -0.135. The zero-order valence-electron chi connectivity index (χ0n) is 6.89. The second kappa shape index (κ2) is 3.58. The zero-order valence-corrected chi connectivity index (χ0v) is 9.29. The summed E-state index contributed by atoms with van der Waals surface area (Å²) in [7, 11) is 1.03. The number of carbonyl (C=O) groups is 1. The fourth-order valence-electron chi connectivity index (χ4n) is 0.885. The molecule has 1 aliphatic heterocycles. The Balaban J connectivity index is 3.03. The van der Waals surface area contributed by atoms with Crippen molar-refractivity contribution in [1.29, 1.82) is 0 Å². The quantitative estimate of drug-likeness (QED) is 0.526. The molecule has 0 bridgehead atoms. The van der Waals surface area contributed by atoms with Crippen LogP contribution in [0.15, 0.2) is 20.4 Å². The lowest BCUT2D eigenvalue weighted by atomic mass is 10.4. The smallest absolute Gasteiger partial charge is 0.345 e. The van der Waals surface area contributed by atoms with Gasteiger partial charge in [-0.1, -0.05) is 5.87 Å². The topological polar surface area (TPSA) is 26.3 Å². The minimum atomic E-state index is -0.346. The molecule has 0 spiro atoms. The number of halogens is 1. The molecule has 0 saturated heterocycles. The van der Waals surface area contributed by atoms with Crippen molar-refractivity contribution < 1.29 is 9.53 Å². The maximum absolute atomic E-state index is 11.2. The van der Waals surface area contributed by atoms with Gasteiger partial charge >= 0.3 is 5.97 Å². The second-order valence-corrected chi connectivity index (χ2v) is 5.00. The molecule has 1 unspecified atom stereocenters. The molecule has 0 aliphatic carbocycles. The first-order valence-electron chi connectivity index (χ1n) is 3.28. The minimum absolute atomic E-state index is 0.298. The number of esters is 1. The number of carbonyl (C=O) groups excluding carboxylic acids is 1. The van der Waals surface area contributed by atoms with E-state index in [1.165, 1.54) is 7.11 Å². The van der Waals surface area contributed by atoms with Gasteiger partial charge in [-0.15, -0.1) is 10.5 Å². The van der Waals surface area contributed by atoms with Crippen molar-refractivity contribution in [3.8, 4) is 0 Å². The SMILES string of the molecule is C=S1C(C)=CC(Br)=C1C(=O)OC. The molecule has 0 radical (unpaired) electrons. The van der Waals surface area contributed by atoms with Crippen molar-refractivity contribution in [3.63, 3.8) is 0 Å². The van der Waals surface area contributed by atoms with E-state index in [0.29, 0.717) is 4.91 Å². The molecule has 0 fully saturated rings. The third-order valence-electron chi connectivity index (χ3n) is 1.55. The molecule has 12 heavy (non-hydrogen) atoms. The van der Waals surface area contributed by atoms with Crippen LogP contribution >= 0.6 is 26.4 Å². The predicted molar refractivity (Wildman–Crippen MR) is 56.4 cm³/mol. The van der Waals surface area contributed by atoms with E-state index in [4.69, 9.17) is 0 Å². The summed E-state index contributed by atoms with van der Waals surface area (Å²) >= 11 is 3.30. The Morgan fingerprint density at radius 1 is 1.75 bits per heavy atom. The van der Waals surface area contributed by atoms with Gasteiger partial charge in [0.15, 0.2) is 0 Å². The Kier molecular flexibility index (Phi) is 2.90. The van der Waals surface area contributed by atoms with Gasteiger partial charge < -0.3 is 4.74 Å². The maximum atomic E-state index is 11.2. The molecule has 0 aromatic carbocycles. The van der Waals surface area contributed by atoms with Gasteiger partial charge in [0.25, 0.3) is 0 Å². The van der Waals surface area contributed by atoms with Gasteiger partial charge in [0.05, 0.1) is 7.11 Å². The number of ether oxygens (including phenoxy) is 1. The fraction of sp³-hybridized carbons (Fsp3) is 0.250. The first kappa shape index (κ1) is 9.74. The van der Waals surface area contributed by atoms with E-state index in [1.807, 2.05) is 13.0 Å². The third-order valence-corrected chi connectivity index (χ3v) is 4.22. The van der Waals surface area contributed by atoms with Gasteiger partial charge in [-0.3, -0.25) is 0 Å². The number of hydrogen-bond acceptors (Lipinski definition) is 2. The Bertz CT molecular complexity index is 315. The molecule has 1 aliphatic rings. The second-order valence-electron chi connectivity index (χ2n) is 2.31. The van der Waals surface area contributed by atoms with Gasteiger partial charge in [-0.2, -0.15) is 0 Å². The molecule has 0 saturated carbocycles. The molecule has 0 aromatic heterocycles. The minimum Gasteiger partial charge on any atom is -0.465 e. The van der Waals surface area contributed by atoms with Crippen LogP contribution in [0.2, 0.25) is 0 Å². The normalized spacial score (nSPS) is 22.6. The van der Waals surface area contributed by atoms with Crippen LogP contribution in [0.3, 0.4) is 0 Å². The maximum Gasteiger partial charge on any atom is 0.345 e. The molecule has 1 rings (SSSR count). The number of allylic oxidation sites excluding steroid dienone is 3. The summed E-state index contributed by atoms with van der Waals surface area (Å²) in [5, 5.41) is 0.